The Morgan fingerprint density at radius 3 is 2.61 bits per heavy atom. The molecule has 0 aromatic heterocycles. The zero-order valence-electron chi connectivity index (χ0n) is 19.6. The van der Waals surface area contributed by atoms with Crippen molar-refractivity contribution in [3.8, 4) is 5.75 Å². The molecule has 0 radical (unpaired) electrons. The van der Waals surface area contributed by atoms with Gasteiger partial charge in [0, 0.05) is 5.69 Å². The lowest BCUT2D eigenvalue weighted by Crippen LogP contribution is -2.51. The predicted molar refractivity (Wildman–Crippen MR) is 123 cm³/mol. The van der Waals surface area contributed by atoms with Crippen LogP contribution >= 0.6 is 0 Å². The van der Waals surface area contributed by atoms with Crippen molar-refractivity contribution >= 4 is 35.1 Å². The van der Waals surface area contributed by atoms with E-state index in [9.17, 15) is 19.2 Å². The molecule has 1 aromatic carbocycles. The average Bonchev–Trinajstić information content (AvgIpc) is 2.99. The normalized spacial score (nSPS) is 27.0. The van der Waals surface area contributed by atoms with E-state index in [2.05, 4.69) is 36.7 Å². The lowest BCUT2D eigenvalue weighted by Gasteiger charge is -2.42. The molecule has 2 fully saturated rings. The van der Waals surface area contributed by atoms with Gasteiger partial charge in [-0.05, 0) is 62.1 Å². The number of anilines is 2. The Kier molecular flexibility index (Phi) is 5.84. The van der Waals surface area contributed by atoms with Gasteiger partial charge in [0.1, 0.15) is 17.8 Å². The lowest BCUT2D eigenvalue weighted by molar-refractivity contribution is -0.135. The Balaban J connectivity index is 1.38. The summed E-state index contributed by atoms with van der Waals surface area (Å²) in [7, 11) is 0. The molecule has 1 unspecified atom stereocenters. The number of benzene rings is 1. The number of fused-ring (bicyclic) bond motifs is 1. The minimum absolute atomic E-state index is 0.199. The number of amides is 5. The van der Waals surface area contributed by atoms with Crippen LogP contribution in [0.1, 0.15) is 59.8 Å². The topological polar surface area (TPSA) is 117 Å². The monoisotopic (exact) mass is 456 g/mol. The van der Waals surface area contributed by atoms with Crippen LogP contribution in [0.2, 0.25) is 0 Å². The molecule has 4 rings (SSSR count). The van der Waals surface area contributed by atoms with Crippen LogP contribution in [0.15, 0.2) is 18.2 Å². The molecule has 5 amide bonds. The third-order valence-corrected chi connectivity index (χ3v) is 7.60. The summed E-state index contributed by atoms with van der Waals surface area (Å²) in [5.74, 6) is -0.0690. The number of rotatable bonds is 5. The van der Waals surface area contributed by atoms with Gasteiger partial charge in [0.05, 0.1) is 5.69 Å². The van der Waals surface area contributed by atoms with Gasteiger partial charge in [0.25, 0.3) is 11.8 Å². The summed E-state index contributed by atoms with van der Waals surface area (Å²) in [4.78, 5) is 51.2. The number of carbonyl (C=O) groups is 4. The van der Waals surface area contributed by atoms with Gasteiger partial charge in [0.15, 0.2) is 6.10 Å². The van der Waals surface area contributed by atoms with E-state index in [4.69, 9.17) is 4.74 Å². The molecule has 1 saturated carbocycles. The van der Waals surface area contributed by atoms with Crippen LogP contribution < -0.4 is 20.7 Å². The third kappa shape index (κ3) is 4.28. The van der Waals surface area contributed by atoms with E-state index >= 15 is 0 Å². The molecule has 0 bridgehead atoms. The smallest absolute Gasteiger partial charge is 0.325 e. The molecule has 9 heteroatoms. The molecule has 1 aromatic rings. The summed E-state index contributed by atoms with van der Waals surface area (Å²) in [5, 5.41) is 8.29. The Labute approximate surface area is 193 Å². The van der Waals surface area contributed by atoms with Crippen LogP contribution in [0.5, 0.6) is 5.75 Å². The fraction of sp³-hybridized carbons (Fsp3) is 0.583. The first-order chi connectivity index (χ1) is 15.5. The summed E-state index contributed by atoms with van der Waals surface area (Å²) in [6, 6.07) is 4.36. The van der Waals surface area contributed by atoms with E-state index in [1.54, 1.807) is 25.1 Å². The second-order valence-electron chi connectivity index (χ2n) is 10.0. The van der Waals surface area contributed by atoms with Crippen LogP contribution in [0.4, 0.5) is 16.2 Å². The summed E-state index contributed by atoms with van der Waals surface area (Å²) in [6.45, 7) is 7.96. The Morgan fingerprint density at radius 2 is 1.94 bits per heavy atom. The number of hydrogen-bond acceptors (Lipinski definition) is 5. The highest BCUT2D eigenvalue weighted by atomic mass is 16.5. The lowest BCUT2D eigenvalue weighted by atomic mass is 9.65. The van der Waals surface area contributed by atoms with Crippen LogP contribution in [0.25, 0.3) is 0 Å². The van der Waals surface area contributed by atoms with Gasteiger partial charge in [-0.2, -0.15) is 0 Å². The van der Waals surface area contributed by atoms with Gasteiger partial charge < -0.3 is 20.7 Å². The minimum atomic E-state index is -0.901. The maximum Gasteiger partial charge on any atom is 0.325 e. The van der Waals surface area contributed by atoms with Crippen molar-refractivity contribution in [1.29, 1.82) is 0 Å². The second kappa shape index (κ2) is 8.35. The third-order valence-electron chi connectivity index (χ3n) is 7.60. The van der Waals surface area contributed by atoms with Gasteiger partial charge >= 0.3 is 6.03 Å². The maximum atomic E-state index is 13.2. The highest BCUT2D eigenvalue weighted by Crippen LogP contribution is 2.45. The SMILES string of the molecule is CCC(C)(C)C1CCC2(CC1)NC(=O)N(CC(=O)Nc1ccc3c(c1)NC(=O)C(C)O3)C2=O. The molecule has 2 aliphatic heterocycles. The quantitative estimate of drug-likeness (QED) is 0.588. The highest BCUT2D eigenvalue weighted by molar-refractivity contribution is 6.10. The Hall–Kier alpha value is -3.10. The zero-order chi connectivity index (χ0) is 24.0. The van der Waals surface area contributed by atoms with Crippen molar-refractivity contribution in [2.45, 2.75) is 71.4 Å². The van der Waals surface area contributed by atoms with Gasteiger partial charge in [-0.25, -0.2) is 4.79 Å². The van der Waals surface area contributed by atoms with Crippen molar-refractivity contribution in [1.82, 2.24) is 10.2 Å². The van der Waals surface area contributed by atoms with Crippen molar-refractivity contribution in [2.75, 3.05) is 17.2 Å². The van der Waals surface area contributed by atoms with Crippen LogP contribution in [-0.4, -0.2) is 46.8 Å². The summed E-state index contributed by atoms with van der Waals surface area (Å²) >= 11 is 0. The molecule has 178 valence electrons. The predicted octanol–water partition coefficient (Wildman–Crippen LogP) is 3.26. The van der Waals surface area contributed by atoms with Crippen molar-refractivity contribution in [3.63, 3.8) is 0 Å². The number of carbonyl (C=O) groups excluding carboxylic acids is 4. The number of urea groups is 1. The number of nitrogens with one attached hydrogen (secondary N) is 3. The number of hydrogen-bond donors (Lipinski definition) is 3. The van der Waals surface area contributed by atoms with Crippen LogP contribution in [-0.2, 0) is 14.4 Å². The summed E-state index contributed by atoms with van der Waals surface area (Å²) in [5.41, 5.74) is 0.185. The molecule has 1 aliphatic carbocycles. The fourth-order valence-electron chi connectivity index (χ4n) is 4.97. The van der Waals surface area contributed by atoms with Gasteiger partial charge in [-0.1, -0.05) is 27.2 Å². The maximum absolute atomic E-state index is 13.2. The minimum Gasteiger partial charge on any atom is -0.479 e. The molecule has 9 nitrogen and oxygen atoms in total. The first-order valence-electron chi connectivity index (χ1n) is 11.6. The van der Waals surface area contributed by atoms with Crippen molar-refractivity contribution in [3.05, 3.63) is 18.2 Å². The largest absolute Gasteiger partial charge is 0.479 e. The van der Waals surface area contributed by atoms with E-state index in [-0.39, 0.29) is 23.8 Å². The molecule has 33 heavy (non-hydrogen) atoms. The van der Waals surface area contributed by atoms with E-state index in [0.717, 1.165) is 24.2 Å². The molecule has 3 aliphatic rings. The van der Waals surface area contributed by atoms with E-state index < -0.39 is 23.6 Å². The van der Waals surface area contributed by atoms with E-state index in [0.29, 0.717) is 35.9 Å². The van der Waals surface area contributed by atoms with E-state index in [1.165, 1.54) is 0 Å². The number of nitrogens with zero attached hydrogens (tertiary/aromatic N) is 1. The van der Waals surface area contributed by atoms with Gasteiger partial charge in [0.2, 0.25) is 5.91 Å². The summed E-state index contributed by atoms with van der Waals surface area (Å²) < 4.78 is 5.51. The van der Waals surface area contributed by atoms with Crippen LogP contribution in [0, 0.1) is 11.3 Å². The van der Waals surface area contributed by atoms with Crippen molar-refractivity contribution in [2.24, 2.45) is 11.3 Å². The first kappa shape index (κ1) is 23.1. The average molecular weight is 457 g/mol. The molecule has 3 N–H and O–H groups in total. The molecule has 1 saturated heterocycles. The molecule has 1 atom stereocenters. The van der Waals surface area contributed by atoms with E-state index in [1.807, 2.05) is 0 Å². The molecule has 1 spiro atoms. The second-order valence-corrected chi connectivity index (χ2v) is 10.0. The van der Waals surface area contributed by atoms with Gasteiger partial charge in [-0.3, -0.25) is 19.3 Å². The first-order valence-corrected chi connectivity index (χ1v) is 11.6. The Bertz CT molecular complexity index is 997. The highest BCUT2D eigenvalue weighted by Gasteiger charge is 2.53. The fourth-order valence-corrected chi connectivity index (χ4v) is 4.97. The van der Waals surface area contributed by atoms with Gasteiger partial charge in [-0.15, -0.1) is 0 Å². The van der Waals surface area contributed by atoms with Crippen molar-refractivity contribution < 1.29 is 23.9 Å². The van der Waals surface area contributed by atoms with Crippen LogP contribution in [0.3, 0.4) is 0 Å². The summed E-state index contributed by atoms with van der Waals surface area (Å²) in [6.07, 6.45) is 3.39. The standard InChI is InChI=1S/C24H32N4O5/c1-5-23(3,4)15-8-10-24(11-9-15)21(31)28(22(32)27-24)13-19(29)25-16-6-7-18-17(12-16)26-20(30)14(2)33-18/h6-7,12,14-15H,5,8-11,13H2,1-4H3,(H,25,29)(H,26,30)(H,27,32). The zero-order valence-corrected chi connectivity index (χ0v) is 19.6. The number of ether oxygens (including phenoxy) is 1. The molecular formula is C24H32N4O5. The number of imide groups is 1. The molecular weight excluding hydrogens is 424 g/mol. The molecule has 2 heterocycles. The Morgan fingerprint density at radius 1 is 1.24 bits per heavy atom.